The largest absolute Gasteiger partial charge is 0.462 e. The summed E-state index contributed by atoms with van der Waals surface area (Å²) in [5.74, 6) is 0.398. The van der Waals surface area contributed by atoms with Gasteiger partial charge in [0.25, 0.3) is 0 Å². The van der Waals surface area contributed by atoms with Crippen LogP contribution in [0.3, 0.4) is 0 Å². The molecule has 1 aliphatic carbocycles. The zero-order chi connectivity index (χ0) is 14.4. The molecule has 1 aliphatic rings. The van der Waals surface area contributed by atoms with E-state index >= 15 is 0 Å². The molecule has 1 aromatic heterocycles. The van der Waals surface area contributed by atoms with Crippen molar-refractivity contribution in [3.05, 3.63) is 23.9 Å². The summed E-state index contributed by atoms with van der Waals surface area (Å²) in [6.07, 6.45) is 3.59. The van der Waals surface area contributed by atoms with Gasteiger partial charge in [-0.2, -0.15) is 0 Å². The Morgan fingerprint density at radius 3 is 2.90 bits per heavy atom. The van der Waals surface area contributed by atoms with Crippen LogP contribution in [0.4, 0.5) is 5.82 Å². The molecule has 0 atom stereocenters. The third-order valence-corrected chi connectivity index (χ3v) is 2.97. The second kappa shape index (κ2) is 6.88. The summed E-state index contributed by atoms with van der Waals surface area (Å²) >= 11 is 0. The first-order valence-electron chi connectivity index (χ1n) is 6.86. The van der Waals surface area contributed by atoms with Crippen LogP contribution in [0.2, 0.25) is 0 Å². The Hall–Kier alpha value is -2.11. The molecule has 1 amide bonds. The van der Waals surface area contributed by atoms with Crippen molar-refractivity contribution < 1.29 is 14.3 Å². The number of pyridine rings is 1. The minimum Gasteiger partial charge on any atom is -0.462 e. The topological polar surface area (TPSA) is 80.3 Å². The quantitative estimate of drug-likeness (QED) is 0.578. The summed E-state index contributed by atoms with van der Waals surface area (Å²) in [5, 5.41) is 5.88. The molecule has 1 heterocycles. The molecule has 1 fully saturated rings. The second-order valence-corrected chi connectivity index (χ2v) is 4.61. The van der Waals surface area contributed by atoms with Crippen molar-refractivity contribution in [3.8, 4) is 0 Å². The van der Waals surface area contributed by atoms with E-state index in [2.05, 4.69) is 15.6 Å². The van der Waals surface area contributed by atoms with E-state index in [1.165, 1.54) is 0 Å². The van der Waals surface area contributed by atoms with Crippen molar-refractivity contribution in [2.24, 2.45) is 5.92 Å². The first-order valence-corrected chi connectivity index (χ1v) is 6.86. The molecule has 1 saturated carbocycles. The molecule has 6 heteroatoms. The normalized spacial score (nSPS) is 13.7. The highest BCUT2D eigenvalue weighted by molar-refractivity contribution is 5.94. The maximum atomic E-state index is 11.7. The van der Waals surface area contributed by atoms with Crippen molar-refractivity contribution in [2.45, 2.75) is 19.8 Å². The van der Waals surface area contributed by atoms with Gasteiger partial charge < -0.3 is 15.4 Å². The lowest BCUT2D eigenvalue weighted by Crippen LogP contribution is -2.30. The van der Waals surface area contributed by atoms with Gasteiger partial charge in [-0.05, 0) is 31.9 Å². The zero-order valence-electron chi connectivity index (χ0n) is 11.5. The highest BCUT2D eigenvalue weighted by Gasteiger charge is 2.28. The standard InChI is InChI=1S/C14H19N3O3/c1-2-20-14(19)11-4-3-7-15-12(11)16-8-9-17-13(18)10-5-6-10/h3-4,7,10H,2,5-6,8-9H2,1H3,(H,15,16)(H,17,18). The Kier molecular flexibility index (Phi) is 4.92. The van der Waals surface area contributed by atoms with Gasteiger partial charge in [0.1, 0.15) is 11.4 Å². The molecular weight excluding hydrogens is 258 g/mol. The van der Waals surface area contributed by atoms with Gasteiger partial charge in [0.15, 0.2) is 0 Å². The first-order chi connectivity index (χ1) is 9.72. The Morgan fingerprint density at radius 1 is 1.40 bits per heavy atom. The Morgan fingerprint density at radius 2 is 2.20 bits per heavy atom. The molecule has 0 spiro atoms. The average molecular weight is 277 g/mol. The molecule has 0 saturated heterocycles. The van der Waals surface area contributed by atoms with E-state index < -0.39 is 5.97 Å². The lowest BCUT2D eigenvalue weighted by atomic mass is 10.2. The summed E-state index contributed by atoms with van der Waals surface area (Å²) in [5.41, 5.74) is 0.405. The number of ether oxygens (including phenoxy) is 1. The Balaban J connectivity index is 1.82. The van der Waals surface area contributed by atoms with Crippen molar-refractivity contribution >= 4 is 17.7 Å². The van der Waals surface area contributed by atoms with E-state index in [9.17, 15) is 9.59 Å². The number of esters is 1. The second-order valence-electron chi connectivity index (χ2n) is 4.61. The van der Waals surface area contributed by atoms with Crippen LogP contribution in [0.25, 0.3) is 0 Å². The van der Waals surface area contributed by atoms with Gasteiger partial charge in [0.2, 0.25) is 5.91 Å². The third kappa shape index (κ3) is 3.94. The zero-order valence-corrected chi connectivity index (χ0v) is 11.5. The van der Waals surface area contributed by atoms with E-state index in [-0.39, 0.29) is 11.8 Å². The van der Waals surface area contributed by atoms with E-state index in [1.807, 2.05) is 0 Å². The smallest absolute Gasteiger partial charge is 0.341 e. The van der Waals surface area contributed by atoms with Gasteiger partial charge in [-0.1, -0.05) is 0 Å². The highest BCUT2D eigenvalue weighted by atomic mass is 16.5. The van der Waals surface area contributed by atoms with Crippen LogP contribution in [0.5, 0.6) is 0 Å². The molecule has 0 radical (unpaired) electrons. The Labute approximate surface area is 117 Å². The van der Waals surface area contributed by atoms with Gasteiger partial charge in [-0.3, -0.25) is 4.79 Å². The number of nitrogens with zero attached hydrogens (tertiary/aromatic N) is 1. The fourth-order valence-corrected chi connectivity index (χ4v) is 1.78. The lowest BCUT2D eigenvalue weighted by molar-refractivity contribution is -0.122. The molecule has 0 unspecified atom stereocenters. The number of aromatic nitrogens is 1. The predicted octanol–water partition coefficient (Wildman–Crippen LogP) is 1.20. The number of hydrogen-bond acceptors (Lipinski definition) is 5. The minimum absolute atomic E-state index is 0.110. The van der Waals surface area contributed by atoms with Crippen LogP contribution in [-0.4, -0.2) is 36.6 Å². The van der Waals surface area contributed by atoms with Gasteiger partial charge >= 0.3 is 5.97 Å². The van der Waals surface area contributed by atoms with Crippen LogP contribution in [0, 0.1) is 5.92 Å². The maximum absolute atomic E-state index is 11.7. The average Bonchev–Trinajstić information content (AvgIpc) is 3.28. The fourth-order valence-electron chi connectivity index (χ4n) is 1.78. The summed E-state index contributed by atoms with van der Waals surface area (Å²) in [6.45, 7) is 3.11. The van der Waals surface area contributed by atoms with Crippen LogP contribution in [0.15, 0.2) is 18.3 Å². The first kappa shape index (κ1) is 14.3. The summed E-state index contributed by atoms with van der Waals surface area (Å²) in [4.78, 5) is 27.3. The summed E-state index contributed by atoms with van der Waals surface area (Å²) in [6, 6.07) is 3.35. The fraction of sp³-hybridized carbons (Fsp3) is 0.500. The van der Waals surface area contributed by atoms with Crippen molar-refractivity contribution in [1.82, 2.24) is 10.3 Å². The maximum Gasteiger partial charge on any atom is 0.341 e. The third-order valence-electron chi connectivity index (χ3n) is 2.97. The number of rotatable bonds is 7. The van der Waals surface area contributed by atoms with Crippen LogP contribution in [-0.2, 0) is 9.53 Å². The molecule has 0 aliphatic heterocycles. The monoisotopic (exact) mass is 277 g/mol. The number of carbonyl (C=O) groups excluding carboxylic acids is 2. The molecule has 2 N–H and O–H groups in total. The van der Waals surface area contributed by atoms with Gasteiger partial charge in [0.05, 0.1) is 6.61 Å². The van der Waals surface area contributed by atoms with Crippen LogP contribution < -0.4 is 10.6 Å². The van der Waals surface area contributed by atoms with Gasteiger partial charge in [-0.25, -0.2) is 9.78 Å². The molecule has 0 bridgehead atoms. The lowest BCUT2D eigenvalue weighted by Gasteiger charge is -2.10. The van der Waals surface area contributed by atoms with Crippen molar-refractivity contribution in [3.63, 3.8) is 0 Å². The van der Waals surface area contributed by atoms with Gasteiger partial charge in [0, 0.05) is 25.2 Å². The van der Waals surface area contributed by atoms with Crippen molar-refractivity contribution in [2.75, 3.05) is 25.0 Å². The SMILES string of the molecule is CCOC(=O)c1cccnc1NCCNC(=O)C1CC1. The summed E-state index contributed by atoms with van der Waals surface area (Å²) < 4.78 is 4.96. The number of carbonyl (C=O) groups is 2. The minimum atomic E-state index is -0.398. The van der Waals surface area contributed by atoms with E-state index in [0.29, 0.717) is 31.1 Å². The van der Waals surface area contributed by atoms with Crippen LogP contribution >= 0.6 is 0 Å². The molecule has 108 valence electrons. The highest BCUT2D eigenvalue weighted by Crippen LogP contribution is 2.28. The molecule has 1 aromatic rings. The number of amides is 1. The Bertz CT molecular complexity index is 486. The predicted molar refractivity (Wildman–Crippen MR) is 74.4 cm³/mol. The molecular formula is C14H19N3O3. The van der Waals surface area contributed by atoms with E-state index in [0.717, 1.165) is 12.8 Å². The van der Waals surface area contributed by atoms with E-state index in [1.54, 1.807) is 25.3 Å². The van der Waals surface area contributed by atoms with Crippen molar-refractivity contribution in [1.29, 1.82) is 0 Å². The number of anilines is 1. The van der Waals surface area contributed by atoms with Gasteiger partial charge in [-0.15, -0.1) is 0 Å². The molecule has 2 rings (SSSR count). The molecule has 0 aromatic carbocycles. The number of hydrogen-bond donors (Lipinski definition) is 2. The number of nitrogens with one attached hydrogen (secondary N) is 2. The molecule has 6 nitrogen and oxygen atoms in total. The van der Waals surface area contributed by atoms with Crippen LogP contribution in [0.1, 0.15) is 30.1 Å². The summed E-state index contributed by atoms with van der Waals surface area (Å²) in [7, 11) is 0. The van der Waals surface area contributed by atoms with E-state index in [4.69, 9.17) is 4.74 Å². The molecule has 20 heavy (non-hydrogen) atoms.